The fourth-order valence-electron chi connectivity index (χ4n) is 1.80. The quantitative estimate of drug-likeness (QED) is 0.801. The lowest BCUT2D eigenvalue weighted by Gasteiger charge is -2.21. The van der Waals surface area contributed by atoms with E-state index in [1.165, 1.54) is 5.56 Å². The fourth-order valence-corrected chi connectivity index (χ4v) is 2.06. The van der Waals surface area contributed by atoms with Crippen LogP contribution in [0, 0.1) is 23.2 Å². The van der Waals surface area contributed by atoms with Gasteiger partial charge in [0.25, 0.3) is 0 Å². The van der Waals surface area contributed by atoms with Crippen molar-refractivity contribution in [1.29, 1.82) is 5.26 Å². The molecule has 3 heteroatoms. The number of halogens is 1. The normalized spacial score (nSPS) is 12.7. The average molecular weight is 309 g/mol. The zero-order valence-electron chi connectivity index (χ0n) is 11.4. The molecule has 0 radical (unpaired) electrons. The van der Waals surface area contributed by atoms with E-state index in [0.717, 1.165) is 24.0 Å². The third-order valence-electron chi connectivity index (χ3n) is 3.17. The molecule has 1 aromatic carbocycles. The number of hydrogen-bond acceptors (Lipinski definition) is 2. The number of likely N-dealkylation sites (N-methyl/N-ethyl adjacent to an activating group) is 1. The van der Waals surface area contributed by atoms with E-state index in [2.05, 4.69) is 72.1 Å². The molecule has 0 heterocycles. The standard InChI is InChI=1S/C15H21BrN2/c1-12(2)14(10-17)11-18(3)9-8-13-4-6-15(16)7-5-13/h4-7,12,14H,8-9,11H2,1-3H3. The largest absolute Gasteiger partial charge is 0.305 e. The lowest BCUT2D eigenvalue weighted by atomic mass is 9.97. The molecule has 0 saturated heterocycles. The van der Waals surface area contributed by atoms with E-state index in [9.17, 15) is 0 Å². The molecular weight excluding hydrogens is 288 g/mol. The van der Waals surface area contributed by atoms with Crippen molar-refractivity contribution in [3.63, 3.8) is 0 Å². The van der Waals surface area contributed by atoms with Gasteiger partial charge in [0, 0.05) is 17.6 Å². The Morgan fingerprint density at radius 2 is 1.89 bits per heavy atom. The molecule has 18 heavy (non-hydrogen) atoms. The molecule has 0 aliphatic heterocycles. The predicted octanol–water partition coefficient (Wildman–Crippen LogP) is 3.72. The fraction of sp³-hybridized carbons (Fsp3) is 0.533. The molecule has 0 aliphatic rings. The van der Waals surface area contributed by atoms with Crippen molar-refractivity contribution < 1.29 is 0 Å². The number of nitriles is 1. The van der Waals surface area contributed by atoms with Crippen molar-refractivity contribution in [3.8, 4) is 6.07 Å². The minimum Gasteiger partial charge on any atom is -0.305 e. The monoisotopic (exact) mass is 308 g/mol. The Kier molecular flexibility index (Phi) is 6.38. The first kappa shape index (κ1) is 15.2. The summed E-state index contributed by atoms with van der Waals surface area (Å²) in [4.78, 5) is 2.25. The molecule has 0 aromatic heterocycles. The highest BCUT2D eigenvalue weighted by atomic mass is 79.9. The maximum Gasteiger partial charge on any atom is 0.0671 e. The number of hydrogen-bond donors (Lipinski definition) is 0. The van der Waals surface area contributed by atoms with Crippen LogP contribution in [0.4, 0.5) is 0 Å². The van der Waals surface area contributed by atoms with Crippen molar-refractivity contribution in [2.45, 2.75) is 20.3 Å². The van der Waals surface area contributed by atoms with Gasteiger partial charge >= 0.3 is 0 Å². The first-order valence-corrected chi connectivity index (χ1v) is 7.15. The van der Waals surface area contributed by atoms with Crippen molar-refractivity contribution in [3.05, 3.63) is 34.3 Å². The first-order valence-electron chi connectivity index (χ1n) is 6.35. The van der Waals surface area contributed by atoms with Crippen LogP contribution in [0.3, 0.4) is 0 Å². The topological polar surface area (TPSA) is 27.0 Å². The second kappa shape index (κ2) is 7.56. The lowest BCUT2D eigenvalue weighted by Crippen LogP contribution is -2.29. The second-order valence-electron chi connectivity index (χ2n) is 5.12. The van der Waals surface area contributed by atoms with Gasteiger partial charge in [0.1, 0.15) is 0 Å². The third-order valence-corrected chi connectivity index (χ3v) is 3.70. The summed E-state index contributed by atoms with van der Waals surface area (Å²) in [6, 6.07) is 10.8. The summed E-state index contributed by atoms with van der Waals surface area (Å²) >= 11 is 3.44. The smallest absolute Gasteiger partial charge is 0.0671 e. The maximum absolute atomic E-state index is 9.08. The molecule has 1 aromatic rings. The van der Waals surface area contributed by atoms with Crippen LogP contribution < -0.4 is 0 Å². The lowest BCUT2D eigenvalue weighted by molar-refractivity contribution is 0.275. The summed E-state index contributed by atoms with van der Waals surface area (Å²) in [5, 5.41) is 9.08. The summed E-state index contributed by atoms with van der Waals surface area (Å²) < 4.78 is 1.11. The van der Waals surface area contributed by atoms with Crippen molar-refractivity contribution in [2.75, 3.05) is 20.1 Å². The van der Waals surface area contributed by atoms with Gasteiger partial charge in [-0.25, -0.2) is 0 Å². The first-order chi connectivity index (χ1) is 8.52. The van der Waals surface area contributed by atoms with Crippen LogP contribution in [0.5, 0.6) is 0 Å². The molecule has 1 rings (SSSR count). The highest BCUT2D eigenvalue weighted by Crippen LogP contribution is 2.13. The van der Waals surface area contributed by atoms with Gasteiger partial charge in [-0.15, -0.1) is 0 Å². The molecule has 1 unspecified atom stereocenters. The van der Waals surface area contributed by atoms with Gasteiger partial charge in [0.05, 0.1) is 12.0 Å². The van der Waals surface area contributed by atoms with Gasteiger partial charge in [-0.2, -0.15) is 5.26 Å². The van der Waals surface area contributed by atoms with Gasteiger partial charge in [0.2, 0.25) is 0 Å². The van der Waals surface area contributed by atoms with Crippen LogP contribution in [-0.2, 0) is 6.42 Å². The minimum atomic E-state index is 0.125. The van der Waals surface area contributed by atoms with E-state index in [0.29, 0.717) is 5.92 Å². The highest BCUT2D eigenvalue weighted by Gasteiger charge is 2.14. The zero-order chi connectivity index (χ0) is 13.5. The van der Waals surface area contributed by atoms with Gasteiger partial charge in [-0.1, -0.05) is 41.9 Å². The number of rotatable bonds is 6. The Bertz CT molecular complexity index is 392. The van der Waals surface area contributed by atoms with E-state index in [1.807, 2.05) is 0 Å². The zero-order valence-corrected chi connectivity index (χ0v) is 12.9. The summed E-state index contributed by atoms with van der Waals surface area (Å²) in [6.45, 7) is 6.06. The SMILES string of the molecule is CC(C)C(C#N)CN(C)CCc1ccc(Br)cc1. The Morgan fingerprint density at radius 1 is 1.28 bits per heavy atom. The van der Waals surface area contributed by atoms with Crippen LogP contribution >= 0.6 is 15.9 Å². The Labute approximate surface area is 119 Å². The minimum absolute atomic E-state index is 0.125. The van der Waals surface area contributed by atoms with Crippen molar-refractivity contribution in [2.24, 2.45) is 11.8 Å². The van der Waals surface area contributed by atoms with Gasteiger partial charge in [0.15, 0.2) is 0 Å². The molecule has 0 saturated carbocycles. The van der Waals surface area contributed by atoms with E-state index in [4.69, 9.17) is 5.26 Å². The van der Waals surface area contributed by atoms with Crippen LogP contribution in [0.2, 0.25) is 0 Å². The second-order valence-corrected chi connectivity index (χ2v) is 6.03. The summed E-state index contributed by atoms with van der Waals surface area (Å²) in [5.41, 5.74) is 1.34. The Morgan fingerprint density at radius 3 is 2.39 bits per heavy atom. The Hall–Kier alpha value is -0.850. The molecule has 1 atom stereocenters. The van der Waals surface area contributed by atoms with E-state index in [1.54, 1.807) is 0 Å². The highest BCUT2D eigenvalue weighted by molar-refractivity contribution is 9.10. The van der Waals surface area contributed by atoms with Crippen molar-refractivity contribution >= 4 is 15.9 Å². The maximum atomic E-state index is 9.08. The summed E-state index contributed by atoms with van der Waals surface area (Å²) in [7, 11) is 2.09. The van der Waals surface area contributed by atoms with E-state index < -0.39 is 0 Å². The van der Waals surface area contributed by atoms with Crippen molar-refractivity contribution in [1.82, 2.24) is 4.90 Å². The van der Waals surface area contributed by atoms with E-state index >= 15 is 0 Å². The van der Waals surface area contributed by atoms with Crippen LogP contribution in [0.15, 0.2) is 28.7 Å². The molecule has 0 amide bonds. The average Bonchev–Trinajstić information content (AvgIpc) is 2.35. The molecule has 0 aliphatic carbocycles. The van der Waals surface area contributed by atoms with Gasteiger partial charge in [-0.3, -0.25) is 0 Å². The molecule has 0 N–H and O–H groups in total. The van der Waals surface area contributed by atoms with Gasteiger partial charge in [-0.05, 0) is 37.1 Å². The molecular formula is C15H21BrN2. The van der Waals surface area contributed by atoms with E-state index in [-0.39, 0.29) is 5.92 Å². The molecule has 0 spiro atoms. The summed E-state index contributed by atoms with van der Waals surface area (Å²) in [5.74, 6) is 0.546. The molecule has 2 nitrogen and oxygen atoms in total. The number of nitrogens with zero attached hydrogens (tertiary/aromatic N) is 2. The van der Waals surface area contributed by atoms with Crippen LogP contribution in [0.1, 0.15) is 19.4 Å². The third kappa shape index (κ3) is 5.20. The molecule has 0 fully saturated rings. The Balaban J connectivity index is 2.39. The number of benzene rings is 1. The van der Waals surface area contributed by atoms with Crippen LogP contribution in [0.25, 0.3) is 0 Å². The molecule has 0 bridgehead atoms. The van der Waals surface area contributed by atoms with Gasteiger partial charge < -0.3 is 4.90 Å². The molecule has 98 valence electrons. The summed E-state index contributed by atoms with van der Waals surface area (Å²) in [6.07, 6.45) is 1.03. The predicted molar refractivity (Wildman–Crippen MR) is 79.3 cm³/mol. The van der Waals surface area contributed by atoms with Crippen LogP contribution in [-0.4, -0.2) is 25.0 Å².